The molecule has 1 saturated heterocycles. The topological polar surface area (TPSA) is 111 Å². The van der Waals surface area contributed by atoms with Crippen molar-refractivity contribution in [2.24, 2.45) is 5.92 Å². The highest BCUT2D eigenvalue weighted by molar-refractivity contribution is 7.71. The molecule has 36 heavy (non-hydrogen) atoms. The first-order valence-electron chi connectivity index (χ1n) is 11.7. The molecule has 1 atom stereocenters. The monoisotopic (exact) mass is 509 g/mol. The van der Waals surface area contributed by atoms with Crippen molar-refractivity contribution in [2.75, 3.05) is 26.8 Å². The van der Waals surface area contributed by atoms with Crippen molar-refractivity contribution in [3.63, 3.8) is 0 Å². The summed E-state index contributed by atoms with van der Waals surface area (Å²) in [5.41, 5.74) is 1.78. The van der Waals surface area contributed by atoms with E-state index < -0.39 is 5.97 Å². The molecule has 0 radical (unpaired) electrons. The van der Waals surface area contributed by atoms with E-state index >= 15 is 0 Å². The van der Waals surface area contributed by atoms with Crippen LogP contribution in [0.15, 0.2) is 47.3 Å². The number of piperidine rings is 1. The van der Waals surface area contributed by atoms with Crippen molar-refractivity contribution in [3.05, 3.63) is 74.3 Å². The SMILES string of the molecule is CCOC(=O)[C@@H]1CCCN(C(=O)c2ccc(Cn3c(=S)[nH]c4cc(C(=O)OC)ccc4c3=O)cc2)C1. The number of likely N-dealkylation sites (tertiary alicyclic amines) is 1. The van der Waals surface area contributed by atoms with E-state index in [9.17, 15) is 19.2 Å². The smallest absolute Gasteiger partial charge is 0.337 e. The summed E-state index contributed by atoms with van der Waals surface area (Å²) >= 11 is 5.40. The number of esters is 2. The summed E-state index contributed by atoms with van der Waals surface area (Å²) in [6.07, 6.45) is 1.46. The van der Waals surface area contributed by atoms with Gasteiger partial charge in [-0.3, -0.25) is 19.0 Å². The lowest BCUT2D eigenvalue weighted by molar-refractivity contribution is -0.149. The Bertz CT molecular complexity index is 1430. The molecular formula is C26H27N3O6S. The average molecular weight is 510 g/mol. The Labute approximate surface area is 212 Å². The second-order valence-corrected chi connectivity index (χ2v) is 9.00. The quantitative estimate of drug-likeness (QED) is 0.401. The maximum absolute atomic E-state index is 13.1. The summed E-state index contributed by atoms with van der Waals surface area (Å²) in [6, 6.07) is 11.6. The molecule has 0 bridgehead atoms. The van der Waals surface area contributed by atoms with Crippen LogP contribution in [-0.4, -0.2) is 59.1 Å². The third-order valence-electron chi connectivity index (χ3n) is 6.27. The van der Waals surface area contributed by atoms with E-state index in [2.05, 4.69) is 4.98 Å². The number of aromatic amines is 1. The minimum absolute atomic E-state index is 0.142. The van der Waals surface area contributed by atoms with Gasteiger partial charge in [0.2, 0.25) is 0 Å². The van der Waals surface area contributed by atoms with Gasteiger partial charge in [0.15, 0.2) is 4.77 Å². The number of carbonyl (C=O) groups is 3. The zero-order chi connectivity index (χ0) is 25.8. The molecule has 3 aromatic rings. The summed E-state index contributed by atoms with van der Waals surface area (Å²) in [7, 11) is 1.29. The fraction of sp³-hybridized carbons (Fsp3) is 0.346. The predicted octanol–water partition coefficient (Wildman–Crippen LogP) is 3.31. The molecule has 188 valence electrons. The molecule has 9 nitrogen and oxygen atoms in total. The number of benzene rings is 2. The maximum Gasteiger partial charge on any atom is 0.337 e. The van der Waals surface area contributed by atoms with Crippen molar-refractivity contribution in [3.8, 4) is 0 Å². The molecule has 10 heteroatoms. The second kappa shape index (κ2) is 10.9. The molecule has 0 unspecified atom stereocenters. The second-order valence-electron chi connectivity index (χ2n) is 8.61. The summed E-state index contributed by atoms with van der Waals surface area (Å²) in [5, 5.41) is 0.393. The van der Waals surface area contributed by atoms with E-state index in [1.807, 2.05) is 0 Å². The number of nitrogens with one attached hydrogen (secondary N) is 1. The van der Waals surface area contributed by atoms with Gasteiger partial charge in [0.05, 0.1) is 42.6 Å². The van der Waals surface area contributed by atoms with Crippen molar-refractivity contribution in [1.29, 1.82) is 0 Å². The van der Waals surface area contributed by atoms with Crippen LogP contribution in [0.25, 0.3) is 10.9 Å². The third kappa shape index (κ3) is 5.23. The van der Waals surface area contributed by atoms with Crippen LogP contribution in [0.4, 0.5) is 0 Å². The van der Waals surface area contributed by atoms with Crippen LogP contribution in [0.5, 0.6) is 0 Å². The van der Waals surface area contributed by atoms with Gasteiger partial charge in [0.1, 0.15) is 0 Å². The van der Waals surface area contributed by atoms with Crippen molar-refractivity contribution >= 4 is 41.0 Å². The average Bonchev–Trinajstić information content (AvgIpc) is 2.90. The van der Waals surface area contributed by atoms with Gasteiger partial charge in [-0.1, -0.05) is 12.1 Å². The Morgan fingerprint density at radius 3 is 2.53 bits per heavy atom. The molecule has 1 aromatic heterocycles. The Kier molecular flexibility index (Phi) is 7.64. The van der Waals surface area contributed by atoms with Gasteiger partial charge in [0, 0.05) is 18.7 Å². The molecule has 1 aliphatic rings. The minimum atomic E-state index is -0.504. The number of amides is 1. The maximum atomic E-state index is 13.1. The number of hydrogen-bond donors (Lipinski definition) is 1. The third-order valence-corrected chi connectivity index (χ3v) is 6.60. The van der Waals surface area contributed by atoms with Gasteiger partial charge >= 0.3 is 11.9 Å². The van der Waals surface area contributed by atoms with Gasteiger partial charge in [-0.25, -0.2) is 4.79 Å². The highest BCUT2D eigenvalue weighted by Gasteiger charge is 2.29. The molecule has 1 amide bonds. The first-order chi connectivity index (χ1) is 17.3. The van der Waals surface area contributed by atoms with E-state index in [1.165, 1.54) is 23.8 Å². The fourth-order valence-electron chi connectivity index (χ4n) is 4.37. The molecule has 0 aliphatic carbocycles. The lowest BCUT2D eigenvalue weighted by Crippen LogP contribution is -2.42. The lowest BCUT2D eigenvalue weighted by atomic mass is 9.97. The Hall–Kier alpha value is -3.79. The largest absolute Gasteiger partial charge is 0.466 e. The zero-order valence-corrected chi connectivity index (χ0v) is 20.9. The summed E-state index contributed by atoms with van der Waals surface area (Å²) in [5.74, 6) is -1.20. The molecular weight excluding hydrogens is 482 g/mol. The number of H-pyrrole nitrogens is 1. The summed E-state index contributed by atoms with van der Waals surface area (Å²) in [4.78, 5) is 54.7. The zero-order valence-electron chi connectivity index (χ0n) is 20.1. The first-order valence-corrected chi connectivity index (χ1v) is 12.1. The Balaban J connectivity index is 1.51. The normalized spacial score (nSPS) is 15.5. The highest BCUT2D eigenvalue weighted by Crippen LogP contribution is 2.20. The van der Waals surface area contributed by atoms with Gasteiger partial charge < -0.3 is 19.4 Å². The fourth-order valence-corrected chi connectivity index (χ4v) is 4.63. The molecule has 2 aromatic carbocycles. The van der Waals surface area contributed by atoms with Crippen LogP contribution in [0.2, 0.25) is 0 Å². The van der Waals surface area contributed by atoms with E-state index in [0.29, 0.717) is 48.1 Å². The van der Waals surface area contributed by atoms with Crippen molar-refractivity contribution in [1.82, 2.24) is 14.5 Å². The molecule has 1 N–H and O–H groups in total. The number of nitrogens with zero attached hydrogens (tertiary/aromatic N) is 2. The lowest BCUT2D eigenvalue weighted by Gasteiger charge is -2.31. The number of hydrogen-bond acceptors (Lipinski definition) is 7. The van der Waals surface area contributed by atoms with Gasteiger partial charge in [-0.15, -0.1) is 0 Å². The van der Waals surface area contributed by atoms with Crippen LogP contribution in [0.3, 0.4) is 0 Å². The van der Waals surface area contributed by atoms with E-state index in [4.69, 9.17) is 21.7 Å². The van der Waals surface area contributed by atoms with Gasteiger partial charge in [-0.2, -0.15) is 0 Å². The number of ether oxygens (including phenoxy) is 2. The molecule has 0 spiro atoms. The molecule has 1 aliphatic heterocycles. The number of methoxy groups -OCH3 is 1. The van der Waals surface area contributed by atoms with E-state index in [1.54, 1.807) is 42.2 Å². The van der Waals surface area contributed by atoms with Crippen molar-refractivity contribution in [2.45, 2.75) is 26.3 Å². The summed E-state index contributed by atoms with van der Waals surface area (Å²) in [6.45, 7) is 3.24. The number of fused-ring (bicyclic) bond motifs is 1. The number of aromatic nitrogens is 2. The van der Waals surface area contributed by atoms with Gasteiger partial charge in [0.25, 0.3) is 11.5 Å². The standard InChI is InChI=1S/C26H27N3O6S/c1-3-35-25(33)19-5-4-12-28(15-19)22(30)17-8-6-16(7-9-17)14-29-23(31)20-11-10-18(24(32)34-2)13-21(20)27-26(29)36/h6-11,13,19H,3-5,12,14-15H2,1-2H3,(H,27,36)/t19-/m1/s1. The van der Waals surface area contributed by atoms with Crippen LogP contribution in [0, 0.1) is 10.7 Å². The van der Waals surface area contributed by atoms with Crippen LogP contribution < -0.4 is 5.56 Å². The van der Waals surface area contributed by atoms with E-state index in [0.717, 1.165) is 12.0 Å². The molecule has 4 rings (SSSR count). The van der Waals surface area contributed by atoms with Crippen LogP contribution in [0.1, 0.15) is 46.0 Å². The van der Waals surface area contributed by atoms with Crippen LogP contribution >= 0.6 is 12.2 Å². The highest BCUT2D eigenvalue weighted by atomic mass is 32.1. The molecule has 2 heterocycles. The Morgan fingerprint density at radius 1 is 1.11 bits per heavy atom. The minimum Gasteiger partial charge on any atom is -0.466 e. The van der Waals surface area contributed by atoms with E-state index in [-0.39, 0.29) is 34.7 Å². The Morgan fingerprint density at radius 2 is 1.83 bits per heavy atom. The first kappa shape index (κ1) is 25.3. The van der Waals surface area contributed by atoms with Crippen LogP contribution in [-0.2, 0) is 20.8 Å². The summed E-state index contributed by atoms with van der Waals surface area (Å²) < 4.78 is 11.5. The predicted molar refractivity (Wildman–Crippen MR) is 136 cm³/mol. The number of carbonyl (C=O) groups excluding carboxylic acids is 3. The number of rotatable bonds is 6. The molecule has 1 fully saturated rings. The molecule has 0 saturated carbocycles. The van der Waals surface area contributed by atoms with Crippen molar-refractivity contribution < 1.29 is 23.9 Å². The van der Waals surface area contributed by atoms with Gasteiger partial charge in [-0.05, 0) is 67.9 Å².